The van der Waals surface area contributed by atoms with Gasteiger partial charge in [0.25, 0.3) is 10.0 Å². The topological polar surface area (TPSA) is 73.0 Å². The summed E-state index contributed by atoms with van der Waals surface area (Å²) in [5.74, 6) is 0.439. The average molecular weight is 492 g/mol. The van der Waals surface area contributed by atoms with Gasteiger partial charge in [-0.15, -0.1) is 0 Å². The molecule has 0 unspecified atom stereocenters. The normalized spacial score (nSPS) is 19.0. The van der Waals surface area contributed by atoms with E-state index in [4.69, 9.17) is 4.98 Å². The number of rotatable bonds is 7. The lowest BCUT2D eigenvalue weighted by Gasteiger charge is -2.34. The third kappa shape index (κ3) is 4.52. The molecule has 0 spiro atoms. The number of fused-ring (bicyclic) bond motifs is 1. The van der Waals surface area contributed by atoms with Gasteiger partial charge in [0.05, 0.1) is 11.1 Å². The Kier molecular flexibility index (Phi) is 6.51. The van der Waals surface area contributed by atoms with Crippen molar-refractivity contribution in [1.82, 2.24) is 23.6 Å². The number of hydrogen-bond donors (Lipinski definition) is 0. The first-order valence-electron chi connectivity index (χ1n) is 12.4. The van der Waals surface area contributed by atoms with Gasteiger partial charge in [-0.05, 0) is 75.4 Å². The van der Waals surface area contributed by atoms with Crippen LogP contribution >= 0.6 is 0 Å². The molecule has 1 aliphatic rings. The van der Waals surface area contributed by atoms with Gasteiger partial charge in [0.2, 0.25) is 0 Å². The molecule has 0 saturated heterocycles. The number of benzene rings is 1. The Morgan fingerprint density at radius 2 is 1.80 bits per heavy atom. The molecule has 35 heavy (non-hydrogen) atoms. The van der Waals surface area contributed by atoms with Crippen LogP contribution in [0.25, 0.3) is 22.2 Å². The average Bonchev–Trinajstić information content (AvgIpc) is 3.48. The SMILES string of the molecule is CCCN(C)C1CCC(c2cnc3c(c2)c(-c2cnn(C)c2)cn3S(=O)(=O)c2ccccc2)CC1. The van der Waals surface area contributed by atoms with Crippen LogP contribution in [0.2, 0.25) is 0 Å². The molecule has 8 heteroatoms. The van der Waals surface area contributed by atoms with Gasteiger partial charge in [-0.25, -0.2) is 17.4 Å². The lowest BCUT2D eigenvalue weighted by atomic mass is 9.81. The molecular formula is C27H33N5O2S. The first kappa shape index (κ1) is 23.8. The lowest BCUT2D eigenvalue weighted by molar-refractivity contribution is 0.183. The second-order valence-corrected chi connectivity index (χ2v) is 11.5. The van der Waals surface area contributed by atoms with Crippen molar-refractivity contribution in [3.8, 4) is 11.1 Å². The molecule has 7 nitrogen and oxygen atoms in total. The summed E-state index contributed by atoms with van der Waals surface area (Å²) in [7, 11) is 0.312. The third-order valence-electron chi connectivity index (χ3n) is 7.32. The number of pyridine rings is 1. The second kappa shape index (κ2) is 9.59. The van der Waals surface area contributed by atoms with E-state index in [1.165, 1.54) is 28.8 Å². The molecule has 0 aliphatic heterocycles. The van der Waals surface area contributed by atoms with Crippen LogP contribution in [0.5, 0.6) is 0 Å². The largest absolute Gasteiger partial charge is 0.303 e. The van der Waals surface area contributed by atoms with E-state index >= 15 is 0 Å². The minimum absolute atomic E-state index is 0.245. The zero-order valence-electron chi connectivity index (χ0n) is 20.6. The molecule has 184 valence electrons. The minimum atomic E-state index is -3.78. The van der Waals surface area contributed by atoms with Gasteiger partial charge in [0, 0.05) is 48.2 Å². The maximum Gasteiger partial charge on any atom is 0.269 e. The maximum atomic E-state index is 13.5. The lowest BCUT2D eigenvalue weighted by Crippen LogP contribution is -2.35. The van der Waals surface area contributed by atoms with Crippen LogP contribution in [0.3, 0.4) is 0 Å². The quantitative estimate of drug-likeness (QED) is 0.362. The molecule has 0 N–H and O–H groups in total. The second-order valence-electron chi connectivity index (χ2n) is 9.69. The van der Waals surface area contributed by atoms with E-state index in [1.807, 2.05) is 25.5 Å². The Morgan fingerprint density at radius 3 is 2.46 bits per heavy atom. The van der Waals surface area contributed by atoms with Gasteiger partial charge in [-0.1, -0.05) is 25.1 Å². The Labute approximate surface area is 207 Å². The first-order chi connectivity index (χ1) is 16.9. The molecule has 0 radical (unpaired) electrons. The van der Waals surface area contributed by atoms with E-state index in [-0.39, 0.29) is 4.90 Å². The standard InChI is InChI=1S/C27H33N5O2S/c1-4-14-30(2)23-12-10-20(11-13-23)21-15-25-26(22-17-29-31(3)18-22)19-32(27(25)28-16-21)35(33,34)24-8-6-5-7-9-24/h5-9,15-20,23H,4,10-14H2,1-3H3. The van der Waals surface area contributed by atoms with Crippen LogP contribution in [0.15, 0.2) is 66.1 Å². The smallest absolute Gasteiger partial charge is 0.269 e. The Bertz CT molecular complexity index is 1420. The molecule has 0 atom stereocenters. The highest BCUT2D eigenvalue weighted by molar-refractivity contribution is 7.90. The fraction of sp³-hybridized carbons (Fsp3) is 0.407. The summed E-state index contributed by atoms with van der Waals surface area (Å²) in [5, 5.41) is 5.16. The number of aromatic nitrogens is 4. The number of nitrogens with zero attached hydrogens (tertiary/aromatic N) is 5. The maximum absolute atomic E-state index is 13.5. The molecule has 1 aromatic carbocycles. The van der Waals surface area contributed by atoms with Crippen LogP contribution in [-0.4, -0.2) is 51.7 Å². The van der Waals surface area contributed by atoms with Gasteiger partial charge in [0.1, 0.15) is 0 Å². The predicted molar refractivity (Wildman–Crippen MR) is 139 cm³/mol. The van der Waals surface area contributed by atoms with Crippen LogP contribution in [0, 0.1) is 0 Å². The molecule has 4 aromatic rings. The molecule has 3 aromatic heterocycles. The third-order valence-corrected chi connectivity index (χ3v) is 8.98. The van der Waals surface area contributed by atoms with Crippen molar-refractivity contribution >= 4 is 21.1 Å². The zero-order valence-corrected chi connectivity index (χ0v) is 21.4. The summed E-state index contributed by atoms with van der Waals surface area (Å²) in [4.78, 5) is 7.47. The van der Waals surface area contributed by atoms with Crippen molar-refractivity contribution < 1.29 is 8.42 Å². The van der Waals surface area contributed by atoms with E-state index in [0.29, 0.717) is 17.6 Å². The van der Waals surface area contributed by atoms with Gasteiger partial charge in [0.15, 0.2) is 5.65 Å². The first-order valence-corrected chi connectivity index (χ1v) is 13.8. The molecular weight excluding hydrogens is 458 g/mol. The van der Waals surface area contributed by atoms with Gasteiger partial charge in [-0.3, -0.25) is 4.68 Å². The highest BCUT2D eigenvalue weighted by atomic mass is 32.2. The van der Waals surface area contributed by atoms with E-state index in [0.717, 1.165) is 35.9 Å². The van der Waals surface area contributed by atoms with Gasteiger partial charge < -0.3 is 4.90 Å². The molecule has 0 amide bonds. The Balaban J connectivity index is 1.55. The number of hydrogen-bond acceptors (Lipinski definition) is 5. The Hall–Kier alpha value is -2.97. The summed E-state index contributed by atoms with van der Waals surface area (Å²) in [6.07, 6.45) is 13.0. The summed E-state index contributed by atoms with van der Waals surface area (Å²) >= 11 is 0. The minimum Gasteiger partial charge on any atom is -0.303 e. The van der Waals surface area contributed by atoms with Gasteiger partial charge >= 0.3 is 0 Å². The van der Waals surface area contributed by atoms with Crippen molar-refractivity contribution in [2.24, 2.45) is 7.05 Å². The Morgan fingerprint density at radius 1 is 1.06 bits per heavy atom. The predicted octanol–water partition coefficient (Wildman–Crippen LogP) is 5.04. The summed E-state index contributed by atoms with van der Waals surface area (Å²) in [5.41, 5.74) is 3.35. The monoisotopic (exact) mass is 491 g/mol. The molecule has 1 aliphatic carbocycles. The van der Waals surface area contributed by atoms with Gasteiger partial charge in [-0.2, -0.15) is 5.10 Å². The fourth-order valence-electron chi connectivity index (χ4n) is 5.38. The number of aryl methyl sites for hydroxylation is 1. The summed E-state index contributed by atoms with van der Waals surface area (Å²) < 4.78 is 30.1. The van der Waals surface area contributed by atoms with E-state index in [2.05, 4.69) is 30.0 Å². The zero-order chi connectivity index (χ0) is 24.6. The van der Waals surface area contributed by atoms with E-state index in [1.54, 1.807) is 41.3 Å². The van der Waals surface area contributed by atoms with Crippen molar-refractivity contribution in [3.05, 3.63) is 66.7 Å². The van der Waals surface area contributed by atoms with Crippen LogP contribution in [0.4, 0.5) is 0 Å². The van der Waals surface area contributed by atoms with Crippen molar-refractivity contribution in [1.29, 1.82) is 0 Å². The molecule has 0 bridgehead atoms. The summed E-state index contributed by atoms with van der Waals surface area (Å²) in [6.45, 7) is 3.37. The van der Waals surface area contributed by atoms with E-state index < -0.39 is 10.0 Å². The summed E-state index contributed by atoms with van der Waals surface area (Å²) in [6, 6.07) is 11.3. The molecule has 1 fully saturated rings. The fourth-order valence-corrected chi connectivity index (χ4v) is 6.73. The molecule has 1 saturated carbocycles. The van der Waals surface area contributed by atoms with E-state index in [9.17, 15) is 8.42 Å². The highest BCUT2D eigenvalue weighted by Gasteiger charge is 2.27. The van der Waals surface area contributed by atoms with Crippen LogP contribution < -0.4 is 0 Å². The van der Waals surface area contributed by atoms with Crippen LogP contribution in [-0.2, 0) is 17.1 Å². The van der Waals surface area contributed by atoms with Crippen molar-refractivity contribution in [2.75, 3.05) is 13.6 Å². The molecule has 5 rings (SSSR count). The highest BCUT2D eigenvalue weighted by Crippen LogP contribution is 2.38. The molecule has 3 heterocycles. The van der Waals surface area contributed by atoms with Crippen molar-refractivity contribution in [3.63, 3.8) is 0 Å². The van der Waals surface area contributed by atoms with Crippen molar-refractivity contribution in [2.45, 2.75) is 55.9 Å². The van der Waals surface area contributed by atoms with Crippen LogP contribution in [0.1, 0.15) is 50.5 Å².